The Hall–Kier alpha value is -1.39. The molecule has 0 saturated carbocycles. The van der Waals surface area contributed by atoms with Crippen LogP contribution in [-0.4, -0.2) is 13.1 Å². The predicted molar refractivity (Wildman–Crippen MR) is 82.9 cm³/mol. The number of nitrogens with zero attached hydrogens (tertiary/aromatic N) is 1. The summed E-state index contributed by atoms with van der Waals surface area (Å²) >= 11 is 1.80. The van der Waals surface area contributed by atoms with Crippen molar-refractivity contribution < 1.29 is 4.39 Å². The highest BCUT2D eigenvalue weighted by Crippen LogP contribution is 2.38. The molecule has 106 valence electrons. The number of benzene rings is 1. The number of thiophene rings is 1. The molecule has 1 atom stereocenters. The van der Waals surface area contributed by atoms with Crippen LogP contribution in [0.1, 0.15) is 29.0 Å². The van der Waals surface area contributed by atoms with E-state index in [0.717, 1.165) is 24.2 Å². The Morgan fingerprint density at radius 3 is 3.05 bits per heavy atom. The minimum atomic E-state index is -0.138. The van der Waals surface area contributed by atoms with E-state index >= 15 is 0 Å². The number of nitrogens with two attached hydrogens (primary N) is 1. The minimum absolute atomic E-state index is 0.138. The summed E-state index contributed by atoms with van der Waals surface area (Å²) in [6, 6.07) is 7.69. The molecule has 2 heterocycles. The molecule has 0 spiro atoms. The minimum Gasteiger partial charge on any atom is -0.362 e. The van der Waals surface area contributed by atoms with Gasteiger partial charge in [0.2, 0.25) is 0 Å². The molecule has 2 N–H and O–H groups in total. The molecule has 0 radical (unpaired) electrons. The third-order valence-electron chi connectivity index (χ3n) is 4.05. The molecule has 3 rings (SSSR count). The maximum Gasteiger partial charge on any atom is 0.146 e. The number of fused-ring (bicyclic) bond motifs is 1. The van der Waals surface area contributed by atoms with Crippen LogP contribution in [0.25, 0.3) is 0 Å². The third kappa shape index (κ3) is 2.23. The molecule has 1 aromatic carbocycles. The van der Waals surface area contributed by atoms with Gasteiger partial charge in [-0.2, -0.15) is 0 Å². The first-order chi connectivity index (χ1) is 9.72. The molecule has 2 nitrogen and oxygen atoms in total. The van der Waals surface area contributed by atoms with Gasteiger partial charge in [-0.25, -0.2) is 4.39 Å². The Kier molecular flexibility index (Phi) is 3.76. The molecule has 1 aliphatic rings. The zero-order valence-electron chi connectivity index (χ0n) is 11.6. The third-order valence-corrected chi connectivity index (χ3v) is 5.04. The molecule has 0 fully saturated rings. The van der Waals surface area contributed by atoms with E-state index in [4.69, 9.17) is 5.73 Å². The molecule has 4 heteroatoms. The summed E-state index contributed by atoms with van der Waals surface area (Å²) in [5.41, 5.74) is 8.75. The Morgan fingerprint density at radius 2 is 2.25 bits per heavy atom. The Balaban J connectivity index is 2.02. The van der Waals surface area contributed by atoms with Gasteiger partial charge in [0.05, 0.1) is 11.7 Å². The Labute approximate surface area is 123 Å². The monoisotopic (exact) mass is 290 g/mol. The van der Waals surface area contributed by atoms with Crippen LogP contribution in [0.3, 0.4) is 0 Å². The molecule has 0 aliphatic carbocycles. The van der Waals surface area contributed by atoms with Crippen molar-refractivity contribution in [3.05, 3.63) is 51.5 Å². The van der Waals surface area contributed by atoms with Crippen LogP contribution in [0.2, 0.25) is 0 Å². The van der Waals surface area contributed by atoms with E-state index in [9.17, 15) is 4.39 Å². The lowest BCUT2D eigenvalue weighted by molar-refractivity contribution is 0.578. The maximum atomic E-state index is 14.4. The summed E-state index contributed by atoms with van der Waals surface area (Å²) in [4.78, 5) is 3.63. The first kappa shape index (κ1) is 13.6. The molecular formula is C16H19FN2S. The van der Waals surface area contributed by atoms with Crippen molar-refractivity contribution >= 4 is 17.0 Å². The molecule has 20 heavy (non-hydrogen) atoms. The molecule has 2 aromatic rings. The largest absolute Gasteiger partial charge is 0.362 e. The van der Waals surface area contributed by atoms with Gasteiger partial charge in [0.15, 0.2) is 0 Å². The standard InChI is InChI=1S/C16H19FN2S/c1-11-13-7-10-20-15(13)6-9-19(11)16-12(5-8-18)3-2-4-14(16)17/h2-4,7,10-11H,5-6,8-9,18H2,1H3. The first-order valence-corrected chi connectivity index (χ1v) is 7.90. The highest BCUT2D eigenvalue weighted by Gasteiger charge is 2.27. The van der Waals surface area contributed by atoms with Crippen LogP contribution in [0, 0.1) is 5.82 Å². The van der Waals surface area contributed by atoms with Gasteiger partial charge in [0.1, 0.15) is 5.82 Å². The summed E-state index contributed by atoms with van der Waals surface area (Å²) in [7, 11) is 0. The van der Waals surface area contributed by atoms with Crippen LogP contribution < -0.4 is 10.6 Å². The number of hydrogen-bond donors (Lipinski definition) is 1. The molecule has 1 aromatic heterocycles. The van der Waals surface area contributed by atoms with Gasteiger partial charge < -0.3 is 10.6 Å². The first-order valence-electron chi connectivity index (χ1n) is 7.02. The molecule has 1 aliphatic heterocycles. The topological polar surface area (TPSA) is 29.3 Å². The summed E-state index contributed by atoms with van der Waals surface area (Å²) in [5.74, 6) is -0.138. The van der Waals surface area contributed by atoms with Gasteiger partial charge in [-0.3, -0.25) is 0 Å². The fourth-order valence-electron chi connectivity index (χ4n) is 3.05. The molecule has 0 bridgehead atoms. The second kappa shape index (κ2) is 5.54. The quantitative estimate of drug-likeness (QED) is 0.937. The Morgan fingerprint density at radius 1 is 1.40 bits per heavy atom. The SMILES string of the molecule is CC1c2ccsc2CCN1c1c(F)cccc1CCN. The zero-order valence-corrected chi connectivity index (χ0v) is 12.4. The van der Waals surface area contributed by atoms with Crippen molar-refractivity contribution in [2.24, 2.45) is 5.73 Å². The average molecular weight is 290 g/mol. The highest BCUT2D eigenvalue weighted by molar-refractivity contribution is 7.10. The smallest absolute Gasteiger partial charge is 0.146 e. The van der Waals surface area contributed by atoms with E-state index in [1.165, 1.54) is 10.4 Å². The normalized spacial score (nSPS) is 18.1. The fraction of sp³-hybridized carbons (Fsp3) is 0.375. The van der Waals surface area contributed by atoms with Crippen molar-refractivity contribution in [3.8, 4) is 0 Å². The Bertz CT molecular complexity index is 608. The van der Waals surface area contributed by atoms with Crippen molar-refractivity contribution in [2.45, 2.75) is 25.8 Å². The van der Waals surface area contributed by atoms with E-state index in [2.05, 4.69) is 23.3 Å². The van der Waals surface area contributed by atoms with Gasteiger partial charge >= 0.3 is 0 Å². The van der Waals surface area contributed by atoms with Gasteiger partial charge in [0, 0.05) is 11.4 Å². The lowest BCUT2D eigenvalue weighted by atomic mass is 9.98. The predicted octanol–water partition coefficient (Wildman–Crippen LogP) is 3.51. The lowest BCUT2D eigenvalue weighted by Crippen LogP contribution is -2.34. The van der Waals surface area contributed by atoms with Crippen LogP contribution in [0.15, 0.2) is 29.6 Å². The molecule has 0 amide bonds. The van der Waals surface area contributed by atoms with Crippen molar-refractivity contribution in [3.63, 3.8) is 0 Å². The van der Waals surface area contributed by atoms with Gasteiger partial charge in [-0.1, -0.05) is 12.1 Å². The molecule has 1 unspecified atom stereocenters. The van der Waals surface area contributed by atoms with Gasteiger partial charge in [0.25, 0.3) is 0 Å². The van der Waals surface area contributed by atoms with E-state index in [0.29, 0.717) is 13.0 Å². The van der Waals surface area contributed by atoms with E-state index in [-0.39, 0.29) is 11.9 Å². The highest BCUT2D eigenvalue weighted by atomic mass is 32.1. The van der Waals surface area contributed by atoms with Gasteiger partial charge in [-0.15, -0.1) is 11.3 Å². The van der Waals surface area contributed by atoms with E-state index in [1.807, 2.05) is 6.07 Å². The number of para-hydroxylation sites is 1. The maximum absolute atomic E-state index is 14.4. The summed E-state index contributed by atoms with van der Waals surface area (Å²) in [6.07, 6.45) is 1.71. The van der Waals surface area contributed by atoms with E-state index in [1.54, 1.807) is 23.5 Å². The molecule has 0 saturated heterocycles. The number of hydrogen-bond acceptors (Lipinski definition) is 3. The number of halogens is 1. The zero-order chi connectivity index (χ0) is 14.1. The molecular weight excluding hydrogens is 271 g/mol. The summed E-state index contributed by atoms with van der Waals surface area (Å²) in [5, 5.41) is 2.13. The van der Waals surface area contributed by atoms with Crippen molar-refractivity contribution in [1.82, 2.24) is 0 Å². The van der Waals surface area contributed by atoms with E-state index < -0.39 is 0 Å². The van der Waals surface area contributed by atoms with Gasteiger partial charge in [-0.05, 0) is 54.9 Å². The van der Waals surface area contributed by atoms with Crippen molar-refractivity contribution in [2.75, 3.05) is 18.0 Å². The second-order valence-corrected chi connectivity index (χ2v) is 6.21. The van der Waals surface area contributed by atoms with Crippen LogP contribution in [-0.2, 0) is 12.8 Å². The summed E-state index contributed by atoms with van der Waals surface area (Å²) < 4.78 is 14.4. The van der Waals surface area contributed by atoms with Crippen LogP contribution in [0.5, 0.6) is 0 Å². The average Bonchev–Trinajstić information content (AvgIpc) is 2.90. The van der Waals surface area contributed by atoms with Crippen molar-refractivity contribution in [1.29, 1.82) is 0 Å². The van der Waals surface area contributed by atoms with Crippen LogP contribution in [0.4, 0.5) is 10.1 Å². The fourth-order valence-corrected chi connectivity index (χ4v) is 4.02. The lowest BCUT2D eigenvalue weighted by Gasteiger charge is -2.37. The second-order valence-electron chi connectivity index (χ2n) is 5.20. The number of rotatable bonds is 3. The number of anilines is 1. The summed E-state index contributed by atoms with van der Waals surface area (Å²) in [6.45, 7) is 3.57. The van der Waals surface area contributed by atoms with Crippen LogP contribution >= 0.6 is 11.3 Å².